The van der Waals surface area contributed by atoms with Crippen LogP contribution in [-0.2, 0) is 31.9 Å². The summed E-state index contributed by atoms with van der Waals surface area (Å²) in [4.78, 5) is 32.7. The average molecular weight is 419 g/mol. The minimum atomic E-state index is -0.370. The molecule has 1 fully saturated rings. The number of imidazole rings is 1. The number of hydrogen-bond donors (Lipinski definition) is 0. The number of benzene rings is 2. The molecule has 1 saturated heterocycles. The highest BCUT2D eigenvalue weighted by molar-refractivity contribution is 5.85. The van der Waals surface area contributed by atoms with Gasteiger partial charge >= 0.3 is 5.69 Å². The van der Waals surface area contributed by atoms with E-state index in [-0.39, 0.29) is 11.2 Å². The number of fused-ring (bicyclic) bond motifs is 2. The number of hydrogen-bond acceptors (Lipinski definition) is 5. The van der Waals surface area contributed by atoms with Gasteiger partial charge in [-0.15, -0.1) is 0 Å². The van der Waals surface area contributed by atoms with E-state index in [0.717, 1.165) is 39.8 Å². The Morgan fingerprint density at radius 3 is 2.48 bits per heavy atom. The van der Waals surface area contributed by atoms with Gasteiger partial charge in [-0.2, -0.15) is 0 Å². The van der Waals surface area contributed by atoms with Gasteiger partial charge in [0.1, 0.15) is 5.82 Å². The molecule has 2 aromatic carbocycles. The molecule has 3 heterocycles. The van der Waals surface area contributed by atoms with Crippen LogP contribution >= 0.6 is 0 Å². The first-order valence-electron chi connectivity index (χ1n) is 10.5. The van der Waals surface area contributed by atoms with Crippen LogP contribution in [0.3, 0.4) is 0 Å². The second-order valence-corrected chi connectivity index (χ2v) is 8.02. The minimum Gasteiger partial charge on any atom is -0.379 e. The van der Waals surface area contributed by atoms with Gasteiger partial charge in [-0.1, -0.05) is 42.5 Å². The van der Waals surface area contributed by atoms with Crippen LogP contribution in [0.4, 0.5) is 0 Å². The van der Waals surface area contributed by atoms with Gasteiger partial charge in [-0.05, 0) is 16.3 Å². The normalized spacial score (nSPS) is 15.2. The molecule has 0 atom stereocenters. The molecule has 8 heteroatoms. The van der Waals surface area contributed by atoms with Crippen molar-refractivity contribution < 1.29 is 4.74 Å². The lowest BCUT2D eigenvalue weighted by Crippen LogP contribution is -2.38. The van der Waals surface area contributed by atoms with Crippen LogP contribution < -0.4 is 11.2 Å². The Morgan fingerprint density at radius 2 is 1.68 bits per heavy atom. The molecule has 31 heavy (non-hydrogen) atoms. The standard InChI is InChI=1S/C23H25N5O3/c1-25-21-20(22(29)26(2)23(25)30)28(19(24-21)15-27-10-12-31-13-11-27)14-17-8-5-7-16-6-3-4-9-18(16)17/h3-9H,10-15H2,1-2H3. The van der Waals surface area contributed by atoms with E-state index < -0.39 is 0 Å². The summed E-state index contributed by atoms with van der Waals surface area (Å²) >= 11 is 0. The molecule has 0 amide bonds. The fraction of sp³-hybridized carbons (Fsp3) is 0.348. The van der Waals surface area contributed by atoms with Gasteiger partial charge in [0.25, 0.3) is 5.56 Å². The van der Waals surface area contributed by atoms with Crippen molar-refractivity contribution in [3.05, 3.63) is 74.7 Å². The fourth-order valence-corrected chi connectivity index (χ4v) is 4.34. The number of rotatable bonds is 4. The lowest BCUT2D eigenvalue weighted by atomic mass is 10.0. The monoisotopic (exact) mass is 419 g/mol. The molecule has 0 bridgehead atoms. The molecular formula is C23H25N5O3. The molecule has 5 rings (SSSR count). The molecule has 0 radical (unpaired) electrons. The van der Waals surface area contributed by atoms with Crippen molar-refractivity contribution in [1.82, 2.24) is 23.6 Å². The summed E-state index contributed by atoms with van der Waals surface area (Å²) in [7, 11) is 3.18. The maximum absolute atomic E-state index is 13.1. The van der Waals surface area contributed by atoms with Gasteiger partial charge in [-0.25, -0.2) is 9.78 Å². The number of ether oxygens (including phenoxy) is 1. The molecule has 0 spiro atoms. The maximum Gasteiger partial charge on any atom is 0.332 e. The van der Waals surface area contributed by atoms with E-state index in [1.54, 1.807) is 7.05 Å². The van der Waals surface area contributed by atoms with Crippen molar-refractivity contribution >= 4 is 21.9 Å². The summed E-state index contributed by atoms with van der Waals surface area (Å²) in [6, 6.07) is 14.4. The van der Waals surface area contributed by atoms with E-state index in [9.17, 15) is 9.59 Å². The van der Waals surface area contributed by atoms with E-state index in [1.165, 1.54) is 11.6 Å². The third-order valence-electron chi connectivity index (χ3n) is 6.10. The largest absolute Gasteiger partial charge is 0.379 e. The highest BCUT2D eigenvalue weighted by Crippen LogP contribution is 2.22. The number of morpholine rings is 1. The van der Waals surface area contributed by atoms with Gasteiger partial charge in [0, 0.05) is 27.2 Å². The predicted molar refractivity (Wildman–Crippen MR) is 119 cm³/mol. The van der Waals surface area contributed by atoms with Gasteiger partial charge in [0.2, 0.25) is 0 Å². The van der Waals surface area contributed by atoms with Crippen molar-refractivity contribution in [3.8, 4) is 0 Å². The second kappa shape index (κ2) is 7.79. The second-order valence-electron chi connectivity index (χ2n) is 8.02. The molecule has 0 aliphatic carbocycles. The Kier molecular flexibility index (Phi) is 4.95. The summed E-state index contributed by atoms with van der Waals surface area (Å²) in [5, 5.41) is 2.30. The van der Waals surface area contributed by atoms with Crippen molar-refractivity contribution in [2.75, 3.05) is 26.3 Å². The highest BCUT2D eigenvalue weighted by atomic mass is 16.5. The SMILES string of the molecule is Cn1c(=O)c2c(nc(CN3CCOCC3)n2Cc2cccc3ccccc23)n(C)c1=O. The zero-order chi connectivity index (χ0) is 21.5. The average Bonchev–Trinajstić information content (AvgIpc) is 3.15. The summed E-state index contributed by atoms with van der Waals surface area (Å²) in [6.45, 7) is 4.10. The van der Waals surface area contributed by atoms with E-state index in [2.05, 4.69) is 29.2 Å². The quantitative estimate of drug-likeness (QED) is 0.501. The Balaban J connectivity index is 1.71. The van der Waals surface area contributed by atoms with Crippen LogP contribution in [0.1, 0.15) is 11.4 Å². The summed E-state index contributed by atoms with van der Waals surface area (Å²) < 4.78 is 10.1. The first-order valence-corrected chi connectivity index (χ1v) is 10.5. The van der Waals surface area contributed by atoms with Crippen LogP contribution in [0.5, 0.6) is 0 Å². The third kappa shape index (κ3) is 3.37. The molecule has 2 aromatic heterocycles. The molecule has 160 valence electrons. The molecular weight excluding hydrogens is 394 g/mol. The molecule has 4 aromatic rings. The van der Waals surface area contributed by atoms with Crippen molar-refractivity contribution in [2.24, 2.45) is 14.1 Å². The van der Waals surface area contributed by atoms with Crippen molar-refractivity contribution in [1.29, 1.82) is 0 Å². The van der Waals surface area contributed by atoms with Gasteiger partial charge in [0.15, 0.2) is 11.2 Å². The van der Waals surface area contributed by atoms with Crippen LogP contribution in [0.25, 0.3) is 21.9 Å². The van der Waals surface area contributed by atoms with E-state index >= 15 is 0 Å². The summed E-state index contributed by atoms with van der Waals surface area (Å²) in [6.07, 6.45) is 0. The van der Waals surface area contributed by atoms with E-state index in [1.807, 2.05) is 22.8 Å². The van der Waals surface area contributed by atoms with Crippen LogP contribution in [0.2, 0.25) is 0 Å². The Morgan fingerprint density at radius 1 is 0.935 bits per heavy atom. The van der Waals surface area contributed by atoms with Gasteiger partial charge in [0.05, 0.1) is 26.3 Å². The molecule has 1 aliphatic rings. The van der Waals surface area contributed by atoms with E-state index in [0.29, 0.717) is 37.5 Å². The van der Waals surface area contributed by atoms with Gasteiger partial charge < -0.3 is 9.30 Å². The van der Waals surface area contributed by atoms with Crippen LogP contribution in [0.15, 0.2) is 52.1 Å². The Bertz CT molecular complexity index is 1390. The highest BCUT2D eigenvalue weighted by Gasteiger charge is 2.22. The van der Waals surface area contributed by atoms with E-state index in [4.69, 9.17) is 9.72 Å². The number of aromatic nitrogens is 4. The molecule has 0 N–H and O–H groups in total. The summed E-state index contributed by atoms with van der Waals surface area (Å²) in [5.41, 5.74) is 1.30. The Labute approximate surface area is 178 Å². The zero-order valence-electron chi connectivity index (χ0n) is 17.7. The first kappa shape index (κ1) is 19.7. The van der Waals surface area contributed by atoms with Crippen LogP contribution in [0, 0.1) is 0 Å². The molecule has 0 saturated carbocycles. The topological polar surface area (TPSA) is 74.3 Å². The molecule has 1 aliphatic heterocycles. The predicted octanol–water partition coefficient (Wildman–Crippen LogP) is 1.47. The summed E-state index contributed by atoms with van der Waals surface area (Å²) in [5.74, 6) is 0.781. The number of aryl methyl sites for hydroxylation is 1. The molecule has 0 unspecified atom stereocenters. The lowest BCUT2D eigenvalue weighted by molar-refractivity contribution is 0.0327. The zero-order valence-corrected chi connectivity index (χ0v) is 17.7. The smallest absolute Gasteiger partial charge is 0.332 e. The van der Waals surface area contributed by atoms with Gasteiger partial charge in [-0.3, -0.25) is 18.8 Å². The Hall–Kier alpha value is -3.23. The fourth-order valence-electron chi connectivity index (χ4n) is 4.34. The molecule has 8 nitrogen and oxygen atoms in total. The third-order valence-corrected chi connectivity index (χ3v) is 6.10. The minimum absolute atomic E-state index is 0.320. The number of nitrogens with zero attached hydrogens (tertiary/aromatic N) is 5. The van der Waals surface area contributed by atoms with Crippen molar-refractivity contribution in [2.45, 2.75) is 13.1 Å². The first-order chi connectivity index (χ1) is 15.0. The lowest BCUT2D eigenvalue weighted by Gasteiger charge is -2.26. The van der Waals surface area contributed by atoms with Crippen molar-refractivity contribution in [3.63, 3.8) is 0 Å². The van der Waals surface area contributed by atoms with Crippen LogP contribution in [-0.4, -0.2) is 49.9 Å². The maximum atomic E-state index is 13.1.